The van der Waals surface area contributed by atoms with Crippen molar-refractivity contribution in [2.45, 2.75) is 0 Å². The predicted octanol–water partition coefficient (Wildman–Crippen LogP) is 1.81. The summed E-state index contributed by atoms with van der Waals surface area (Å²) >= 11 is 9.86. The average molecular weight is 255 g/mol. The number of aromatic nitrogens is 1. The van der Waals surface area contributed by atoms with Crippen LogP contribution in [0, 0.1) is 11.2 Å². The van der Waals surface area contributed by atoms with E-state index in [0.29, 0.717) is 10.7 Å². The zero-order valence-corrected chi connectivity index (χ0v) is 10.3. The molecule has 84 valence electrons. The van der Waals surface area contributed by atoms with E-state index in [9.17, 15) is 0 Å². The van der Waals surface area contributed by atoms with E-state index in [4.69, 9.17) is 16.3 Å². The second-order valence-electron chi connectivity index (χ2n) is 3.37. The van der Waals surface area contributed by atoms with Gasteiger partial charge in [0.15, 0.2) is 0 Å². The maximum absolute atomic E-state index is 6.01. The third kappa shape index (κ3) is 2.82. The molecular formula is C11H11ClN2OS. The van der Waals surface area contributed by atoms with Gasteiger partial charge in [-0.05, 0) is 23.3 Å². The Morgan fingerprint density at radius 3 is 2.81 bits per heavy atom. The number of hydrogen-bond donors (Lipinski definition) is 1. The van der Waals surface area contributed by atoms with Crippen LogP contribution in [0.2, 0.25) is 5.02 Å². The summed E-state index contributed by atoms with van der Waals surface area (Å²) in [6, 6.07) is 3.57. The number of ether oxygens (including phenoxy) is 1. The molecule has 1 aromatic rings. The first-order valence-electron chi connectivity index (χ1n) is 4.95. The largest absolute Gasteiger partial charge is 0.378 e. The first kappa shape index (κ1) is 11.6. The van der Waals surface area contributed by atoms with Crippen LogP contribution >= 0.6 is 24.2 Å². The normalized spacial score (nSPS) is 15.5. The third-order valence-electron chi connectivity index (χ3n) is 2.30. The Morgan fingerprint density at radius 1 is 1.38 bits per heavy atom. The molecule has 0 saturated carbocycles. The smallest absolute Gasteiger partial charge is 0.131 e. The highest BCUT2D eigenvalue weighted by Gasteiger charge is 2.13. The summed E-state index contributed by atoms with van der Waals surface area (Å²) in [6.45, 7) is 3.12. The van der Waals surface area contributed by atoms with Gasteiger partial charge in [0.2, 0.25) is 0 Å². The van der Waals surface area contributed by atoms with Crippen LogP contribution in [0.1, 0.15) is 5.69 Å². The monoisotopic (exact) mass is 254 g/mol. The fraction of sp³-hybridized carbons (Fsp3) is 0.364. The van der Waals surface area contributed by atoms with Gasteiger partial charge >= 0.3 is 0 Å². The fourth-order valence-corrected chi connectivity index (χ4v) is 1.87. The molecule has 2 rings (SSSR count). The van der Waals surface area contributed by atoms with Gasteiger partial charge < -0.3 is 9.64 Å². The summed E-state index contributed by atoms with van der Waals surface area (Å²) in [5.74, 6) is 3.64. The van der Waals surface area contributed by atoms with E-state index in [-0.39, 0.29) is 0 Å². The highest BCUT2D eigenvalue weighted by Crippen LogP contribution is 2.19. The predicted molar refractivity (Wildman–Crippen MR) is 68.1 cm³/mol. The van der Waals surface area contributed by atoms with E-state index in [1.54, 1.807) is 6.07 Å². The lowest BCUT2D eigenvalue weighted by Crippen LogP contribution is -2.36. The topological polar surface area (TPSA) is 25.4 Å². The summed E-state index contributed by atoms with van der Waals surface area (Å²) in [4.78, 5) is 6.55. The molecule has 16 heavy (non-hydrogen) atoms. The van der Waals surface area contributed by atoms with Gasteiger partial charge in [-0.1, -0.05) is 24.2 Å². The minimum absolute atomic E-state index is 0.641. The van der Waals surface area contributed by atoms with Gasteiger partial charge in [-0.25, -0.2) is 4.98 Å². The van der Waals surface area contributed by atoms with Gasteiger partial charge in [-0.3, -0.25) is 0 Å². The molecule has 0 N–H and O–H groups in total. The van der Waals surface area contributed by atoms with E-state index in [1.165, 1.54) is 0 Å². The Balaban J connectivity index is 2.27. The van der Waals surface area contributed by atoms with Crippen molar-refractivity contribution in [3.63, 3.8) is 0 Å². The lowest BCUT2D eigenvalue weighted by Gasteiger charge is -2.27. The number of anilines is 1. The molecule has 0 atom stereocenters. The van der Waals surface area contributed by atoms with Gasteiger partial charge in [0, 0.05) is 18.1 Å². The Bertz CT molecular complexity index is 435. The number of pyridine rings is 1. The molecular weight excluding hydrogens is 244 g/mol. The van der Waals surface area contributed by atoms with Crippen molar-refractivity contribution in [1.29, 1.82) is 0 Å². The van der Waals surface area contributed by atoms with E-state index in [0.717, 1.165) is 32.1 Å². The van der Waals surface area contributed by atoms with Crippen LogP contribution in [0.3, 0.4) is 0 Å². The van der Waals surface area contributed by atoms with Crippen molar-refractivity contribution in [2.24, 2.45) is 0 Å². The zero-order valence-electron chi connectivity index (χ0n) is 8.61. The summed E-state index contributed by atoms with van der Waals surface area (Å²) in [6.07, 6.45) is 0. The summed E-state index contributed by atoms with van der Waals surface area (Å²) in [5.41, 5.74) is 0.643. The number of thiol groups is 1. The van der Waals surface area contributed by atoms with E-state index in [1.807, 2.05) is 6.07 Å². The minimum Gasteiger partial charge on any atom is -0.378 e. The number of halogens is 1. The molecule has 0 unspecified atom stereocenters. The van der Waals surface area contributed by atoms with Crippen LogP contribution < -0.4 is 4.90 Å². The molecule has 0 aromatic carbocycles. The molecule has 0 spiro atoms. The molecule has 1 aliphatic rings. The van der Waals surface area contributed by atoms with Gasteiger partial charge in [-0.2, -0.15) is 0 Å². The Kier molecular flexibility index (Phi) is 3.94. The zero-order chi connectivity index (χ0) is 11.4. The fourth-order valence-electron chi connectivity index (χ4n) is 1.56. The van der Waals surface area contributed by atoms with Crippen molar-refractivity contribution < 1.29 is 4.74 Å². The van der Waals surface area contributed by atoms with Crippen LogP contribution in [0.5, 0.6) is 0 Å². The SMILES string of the molecule is SC#Cc1cc(Cl)cc(N2CCOCC2)n1. The molecule has 1 aromatic heterocycles. The lowest BCUT2D eigenvalue weighted by molar-refractivity contribution is 0.122. The van der Waals surface area contributed by atoms with E-state index < -0.39 is 0 Å². The maximum Gasteiger partial charge on any atom is 0.131 e. The van der Waals surface area contributed by atoms with Gasteiger partial charge in [0.05, 0.1) is 13.2 Å². The molecule has 0 aliphatic carbocycles. The molecule has 1 fully saturated rings. The second-order valence-corrected chi connectivity index (χ2v) is 4.03. The maximum atomic E-state index is 6.01. The highest BCUT2D eigenvalue weighted by atomic mass is 35.5. The minimum atomic E-state index is 0.641. The molecule has 3 nitrogen and oxygen atoms in total. The van der Waals surface area contributed by atoms with Gasteiger partial charge in [-0.15, -0.1) is 0 Å². The van der Waals surface area contributed by atoms with Crippen molar-refractivity contribution in [3.05, 3.63) is 22.8 Å². The van der Waals surface area contributed by atoms with Crippen LogP contribution in [0.4, 0.5) is 5.82 Å². The van der Waals surface area contributed by atoms with E-state index in [2.05, 4.69) is 33.7 Å². The van der Waals surface area contributed by atoms with Crippen LogP contribution in [-0.2, 0) is 4.74 Å². The Labute approximate surface area is 105 Å². The molecule has 0 amide bonds. The Hall–Kier alpha value is -0.890. The first-order valence-corrected chi connectivity index (χ1v) is 5.77. The van der Waals surface area contributed by atoms with Crippen LogP contribution in [0.25, 0.3) is 0 Å². The quantitative estimate of drug-likeness (QED) is 0.611. The second kappa shape index (κ2) is 5.44. The summed E-state index contributed by atoms with van der Waals surface area (Å²) in [5, 5.41) is 3.16. The van der Waals surface area contributed by atoms with Gasteiger partial charge in [0.25, 0.3) is 0 Å². The van der Waals surface area contributed by atoms with E-state index >= 15 is 0 Å². The average Bonchev–Trinajstić information content (AvgIpc) is 2.30. The van der Waals surface area contributed by atoms with Crippen molar-refractivity contribution in [3.8, 4) is 11.2 Å². The number of morpholine rings is 1. The number of rotatable bonds is 1. The first-order chi connectivity index (χ1) is 7.79. The highest BCUT2D eigenvalue weighted by molar-refractivity contribution is 7.85. The standard InChI is InChI=1S/C11H11ClN2OS/c12-9-7-10(1-6-16)13-11(8-9)14-2-4-15-5-3-14/h7-8,16H,2-5H2. The molecule has 0 radical (unpaired) electrons. The number of nitrogens with zero attached hydrogens (tertiary/aromatic N) is 2. The molecule has 1 aliphatic heterocycles. The van der Waals surface area contributed by atoms with Crippen LogP contribution in [-0.4, -0.2) is 31.3 Å². The molecule has 0 bridgehead atoms. The summed E-state index contributed by atoms with van der Waals surface area (Å²) in [7, 11) is 0. The van der Waals surface area contributed by atoms with Gasteiger partial charge in [0.1, 0.15) is 11.5 Å². The van der Waals surface area contributed by atoms with Crippen LogP contribution in [0.15, 0.2) is 12.1 Å². The van der Waals surface area contributed by atoms with Crippen molar-refractivity contribution in [2.75, 3.05) is 31.2 Å². The molecule has 5 heteroatoms. The molecule has 1 saturated heterocycles. The van der Waals surface area contributed by atoms with Crippen molar-refractivity contribution in [1.82, 2.24) is 4.98 Å². The lowest BCUT2D eigenvalue weighted by atomic mass is 10.3. The Morgan fingerprint density at radius 2 is 2.12 bits per heavy atom. The summed E-state index contributed by atoms with van der Waals surface area (Å²) < 4.78 is 5.29. The number of hydrogen-bond acceptors (Lipinski definition) is 4. The molecule has 2 heterocycles. The van der Waals surface area contributed by atoms with Crippen molar-refractivity contribution >= 4 is 30.0 Å². The third-order valence-corrected chi connectivity index (χ3v) is 2.63.